The number of benzene rings is 1. The number of anilines is 2. The molecular formula is C19H26N4O3. The summed E-state index contributed by atoms with van der Waals surface area (Å²) in [6, 6.07) is 3.87. The number of fused-ring (bicyclic) bond motifs is 2. The lowest BCUT2D eigenvalue weighted by atomic mass is 9.54. The summed E-state index contributed by atoms with van der Waals surface area (Å²) >= 11 is 0. The zero-order valence-electron chi connectivity index (χ0n) is 15.7. The van der Waals surface area contributed by atoms with Gasteiger partial charge in [0.05, 0.1) is 25.8 Å². The summed E-state index contributed by atoms with van der Waals surface area (Å²) in [7, 11) is 3.19. The van der Waals surface area contributed by atoms with Gasteiger partial charge in [-0.15, -0.1) is 0 Å². The van der Waals surface area contributed by atoms with Gasteiger partial charge in [0, 0.05) is 35.4 Å². The maximum atomic E-state index is 10.5. The Hall–Kier alpha value is -2.28. The first-order valence-corrected chi connectivity index (χ1v) is 9.02. The topological polar surface area (TPSA) is 93.7 Å². The van der Waals surface area contributed by atoms with Gasteiger partial charge in [-0.1, -0.05) is 13.8 Å². The van der Waals surface area contributed by atoms with Crippen LogP contribution in [0.2, 0.25) is 0 Å². The van der Waals surface area contributed by atoms with Crippen LogP contribution in [0.4, 0.5) is 11.8 Å². The van der Waals surface area contributed by atoms with Crippen molar-refractivity contribution in [1.29, 1.82) is 0 Å². The monoisotopic (exact) mass is 358 g/mol. The molecule has 1 saturated heterocycles. The molecule has 140 valence electrons. The predicted octanol–water partition coefficient (Wildman–Crippen LogP) is 2.21. The summed E-state index contributed by atoms with van der Waals surface area (Å²) in [6.07, 6.45) is 1.78. The van der Waals surface area contributed by atoms with E-state index in [4.69, 9.17) is 20.2 Å². The number of piperidine rings is 1. The molecular weight excluding hydrogens is 332 g/mol. The number of methoxy groups -OCH3 is 2. The van der Waals surface area contributed by atoms with Crippen molar-refractivity contribution in [2.45, 2.75) is 38.8 Å². The van der Waals surface area contributed by atoms with E-state index in [-0.39, 0.29) is 23.5 Å². The second-order valence-electron chi connectivity index (χ2n) is 7.84. The molecule has 0 amide bonds. The van der Waals surface area contributed by atoms with Crippen molar-refractivity contribution in [1.82, 2.24) is 9.97 Å². The highest BCUT2D eigenvalue weighted by molar-refractivity contribution is 5.91. The average Bonchev–Trinajstić information content (AvgIpc) is 2.65. The zero-order valence-corrected chi connectivity index (χ0v) is 15.7. The van der Waals surface area contributed by atoms with Gasteiger partial charge in [-0.25, -0.2) is 4.98 Å². The quantitative estimate of drug-likeness (QED) is 0.869. The molecule has 26 heavy (non-hydrogen) atoms. The number of nitrogens with two attached hydrogens (primary N) is 1. The van der Waals surface area contributed by atoms with Crippen molar-refractivity contribution in [3.05, 3.63) is 12.1 Å². The van der Waals surface area contributed by atoms with E-state index in [1.54, 1.807) is 14.2 Å². The van der Waals surface area contributed by atoms with Crippen LogP contribution >= 0.6 is 0 Å². The standard InChI is InChI=1S/C19H26N4O3/c1-19(2)15-10(16(19)24)6-5-7-23(15)18-21-12-9-14(26-4)13(25-3)8-11(12)17(20)22-18/h8-10,15-16,24H,5-7H2,1-4H3,(H2,20,21,22)/t10-,15+,16-/m0/s1. The highest BCUT2D eigenvalue weighted by atomic mass is 16.5. The first-order chi connectivity index (χ1) is 12.4. The van der Waals surface area contributed by atoms with Gasteiger partial charge in [0.2, 0.25) is 5.95 Å². The van der Waals surface area contributed by atoms with Gasteiger partial charge in [0.1, 0.15) is 5.82 Å². The predicted molar refractivity (Wildman–Crippen MR) is 101 cm³/mol. The summed E-state index contributed by atoms with van der Waals surface area (Å²) in [5.74, 6) is 2.52. The number of hydrogen-bond acceptors (Lipinski definition) is 7. The van der Waals surface area contributed by atoms with Gasteiger partial charge in [-0.3, -0.25) is 0 Å². The molecule has 0 bridgehead atoms. The second-order valence-corrected chi connectivity index (χ2v) is 7.84. The molecule has 2 aliphatic rings. The lowest BCUT2D eigenvalue weighted by Crippen LogP contribution is -2.70. The number of hydrogen-bond donors (Lipinski definition) is 2. The van der Waals surface area contributed by atoms with E-state index in [0.29, 0.717) is 23.3 Å². The molecule has 0 spiro atoms. The molecule has 7 heteroatoms. The number of aliphatic hydroxyl groups excluding tert-OH is 1. The molecule has 4 rings (SSSR count). The van der Waals surface area contributed by atoms with Crippen LogP contribution in [0, 0.1) is 11.3 Å². The molecule has 7 nitrogen and oxygen atoms in total. The van der Waals surface area contributed by atoms with Crippen LogP contribution in [-0.4, -0.2) is 48.0 Å². The lowest BCUT2D eigenvalue weighted by Gasteiger charge is -2.62. The average molecular weight is 358 g/mol. The third kappa shape index (κ3) is 2.30. The van der Waals surface area contributed by atoms with Crippen LogP contribution < -0.4 is 20.1 Å². The smallest absolute Gasteiger partial charge is 0.228 e. The minimum absolute atomic E-state index is 0.185. The van der Waals surface area contributed by atoms with E-state index in [0.717, 1.165) is 30.3 Å². The fraction of sp³-hybridized carbons (Fsp3) is 0.579. The Kier molecular flexibility index (Phi) is 3.87. The molecule has 1 aliphatic heterocycles. The Morgan fingerprint density at radius 1 is 1.19 bits per heavy atom. The number of nitrogen functional groups attached to an aromatic ring is 1. The van der Waals surface area contributed by atoms with E-state index >= 15 is 0 Å². The Labute approximate surface area is 153 Å². The van der Waals surface area contributed by atoms with E-state index in [9.17, 15) is 5.11 Å². The van der Waals surface area contributed by atoms with Gasteiger partial charge >= 0.3 is 0 Å². The largest absolute Gasteiger partial charge is 0.493 e. The van der Waals surface area contributed by atoms with E-state index in [1.807, 2.05) is 12.1 Å². The van der Waals surface area contributed by atoms with Crippen LogP contribution in [0.1, 0.15) is 26.7 Å². The van der Waals surface area contributed by atoms with Crippen LogP contribution in [-0.2, 0) is 0 Å². The number of aliphatic hydroxyl groups is 1. The summed E-state index contributed by atoms with van der Waals surface area (Å²) in [4.78, 5) is 11.6. The fourth-order valence-electron chi connectivity index (χ4n) is 4.74. The maximum absolute atomic E-state index is 10.5. The molecule has 3 N–H and O–H groups in total. The normalized spacial score (nSPS) is 27.0. The van der Waals surface area contributed by atoms with Crippen molar-refractivity contribution < 1.29 is 14.6 Å². The Balaban J connectivity index is 1.79. The van der Waals surface area contributed by atoms with Gasteiger partial charge in [-0.2, -0.15) is 4.98 Å². The Bertz CT molecular complexity index is 854. The fourth-order valence-corrected chi connectivity index (χ4v) is 4.74. The van der Waals surface area contributed by atoms with Gasteiger partial charge in [-0.05, 0) is 18.9 Å². The SMILES string of the molecule is COc1cc2nc(N3CCC[C@@H]4[C@H](O)C(C)(C)[C@@H]43)nc(N)c2cc1OC. The van der Waals surface area contributed by atoms with Gasteiger partial charge in [0.25, 0.3) is 0 Å². The third-order valence-corrected chi connectivity index (χ3v) is 6.08. The summed E-state index contributed by atoms with van der Waals surface area (Å²) < 4.78 is 10.7. The molecule has 1 saturated carbocycles. The number of aromatic nitrogens is 2. The van der Waals surface area contributed by atoms with Crippen molar-refractivity contribution in [2.75, 3.05) is 31.4 Å². The van der Waals surface area contributed by atoms with Crippen LogP contribution in [0.5, 0.6) is 11.5 Å². The number of rotatable bonds is 3. The highest BCUT2D eigenvalue weighted by Gasteiger charge is 2.59. The third-order valence-electron chi connectivity index (χ3n) is 6.08. The van der Waals surface area contributed by atoms with Crippen molar-refractivity contribution in [3.8, 4) is 11.5 Å². The van der Waals surface area contributed by atoms with E-state index in [2.05, 4.69) is 23.7 Å². The highest BCUT2D eigenvalue weighted by Crippen LogP contribution is 2.53. The Morgan fingerprint density at radius 3 is 2.58 bits per heavy atom. The molecule has 3 atom stereocenters. The van der Waals surface area contributed by atoms with Crippen LogP contribution in [0.15, 0.2) is 12.1 Å². The van der Waals surface area contributed by atoms with Crippen molar-refractivity contribution in [3.63, 3.8) is 0 Å². The van der Waals surface area contributed by atoms with Crippen molar-refractivity contribution in [2.24, 2.45) is 11.3 Å². The van der Waals surface area contributed by atoms with Crippen LogP contribution in [0.25, 0.3) is 10.9 Å². The first-order valence-electron chi connectivity index (χ1n) is 9.02. The molecule has 0 unspecified atom stereocenters. The summed E-state index contributed by atoms with van der Waals surface area (Å²) in [5.41, 5.74) is 6.79. The minimum Gasteiger partial charge on any atom is -0.493 e. The first kappa shape index (κ1) is 17.1. The molecule has 0 radical (unpaired) electrons. The molecule has 2 fully saturated rings. The van der Waals surface area contributed by atoms with Crippen molar-refractivity contribution >= 4 is 22.7 Å². The van der Waals surface area contributed by atoms with Gasteiger partial charge in [0.15, 0.2) is 11.5 Å². The zero-order chi connectivity index (χ0) is 18.6. The lowest BCUT2D eigenvalue weighted by molar-refractivity contribution is -0.132. The molecule has 1 aromatic heterocycles. The molecule has 2 aromatic rings. The molecule has 1 aliphatic carbocycles. The summed E-state index contributed by atoms with van der Waals surface area (Å²) in [6.45, 7) is 5.08. The number of ether oxygens (including phenoxy) is 2. The van der Waals surface area contributed by atoms with E-state index < -0.39 is 0 Å². The summed E-state index contributed by atoms with van der Waals surface area (Å²) in [5, 5.41) is 11.2. The maximum Gasteiger partial charge on any atom is 0.228 e. The molecule has 2 heterocycles. The van der Waals surface area contributed by atoms with Crippen LogP contribution in [0.3, 0.4) is 0 Å². The van der Waals surface area contributed by atoms with E-state index in [1.165, 1.54) is 0 Å². The minimum atomic E-state index is -0.280. The Morgan fingerprint density at radius 2 is 1.88 bits per heavy atom. The van der Waals surface area contributed by atoms with Gasteiger partial charge < -0.3 is 25.2 Å². The number of nitrogens with zero attached hydrogens (tertiary/aromatic N) is 3. The molecule has 1 aromatic carbocycles. The second kappa shape index (κ2) is 5.87.